The van der Waals surface area contributed by atoms with E-state index >= 15 is 0 Å². The minimum Gasteiger partial charge on any atom is -0.397 e. The lowest BCUT2D eigenvalue weighted by Gasteiger charge is -2.04. The smallest absolute Gasteiger partial charge is 0.290 e. The normalized spacial score (nSPS) is 10.7. The average molecular weight is 315 g/mol. The monoisotopic (exact) mass is 315 g/mol. The Kier molecular flexibility index (Phi) is 3.12. The van der Waals surface area contributed by atoms with Crippen LogP contribution in [-0.4, -0.2) is 5.78 Å². The van der Waals surface area contributed by atoms with Gasteiger partial charge in [0.2, 0.25) is 0 Å². The molecular formula is C14H11N4OS2+. The quantitative estimate of drug-likeness (QED) is 0.709. The maximum absolute atomic E-state index is 11.7. The van der Waals surface area contributed by atoms with Gasteiger partial charge in [0.15, 0.2) is 16.2 Å². The predicted molar refractivity (Wildman–Crippen MR) is 85.2 cm³/mol. The summed E-state index contributed by atoms with van der Waals surface area (Å²) in [6.07, 6.45) is 0. The number of pyridine rings is 1. The van der Waals surface area contributed by atoms with E-state index in [1.165, 1.54) is 29.6 Å². The summed E-state index contributed by atoms with van der Waals surface area (Å²) in [5.74, 6) is 0.182. The van der Waals surface area contributed by atoms with Gasteiger partial charge in [-0.3, -0.25) is 10.5 Å². The SMILES string of the molecule is CC(=O)c1sc2[nH+]c(N)c(C#N)c(-c3cccs3)c2c1N. The van der Waals surface area contributed by atoms with Gasteiger partial charge in [0.05, 0.1) is 16.0 Å². The highest BCUT2D eigenvalue weighted by Crippen LogP contribution is 2.42. The van der Waals surface area contributed by atoms with Gasteiger partial charge in [-0.15, -0.1) is 11.3 Å². The third kappa shape index (κ3) is 1.96. The first-order chi connectivity index (χ1) is 10.0. The summed E-state index contributed by atoms with van der Waals surface area (Å²) < 4.78 is 0. The van der Waals surface area contributed by atoms with E-state index in [9.17, 15) is 10.1 Å². The van der Waals surface area contributed by atoms with Gasteiger partial charge in [-0.05, 0) is 11.4 Å². The Morgan fingerprint density at radius 3 is 2.76 bits per heavy atom. The van der Waals surface area contributed by atoms with Crippen molar-refractivity contribution in [1.29, 1.82) is 5.26 Å². The Hall–Kier alpha value is -2.43. The van der Waals surface area contributed by atoms with Gasteiger partial charge >= 0.3 is 0 Å². The molecule has 3 heterocycles. The molecule has 0 radical (unpaired) electrons. The molecule has 0 saturated heterocycles. The predicted octanol–water partition coefficient (Wildman–Crippen LogP) is 2.68. The largest absolute Gasteiger partial charge is 0.397 e. The Morgan fingerprint density at radius 1 is 1.43 bits per heavy atom. The minimum absolute atomic E-state index is 0.101. The van der Waals surface area contributed by atoms with Crippen LogP contribution in [0.25, 0.3) is 20.7 Å². The molecule has 5 N–H and O–H groups in total. The Labute approximate surface area is 128 Å². The molecule has 0 spiro atoms. The fourth-order valence-corrected chi connectivity index (χ4v) is 4.09. The van der Waals surface area contributed by atoms with Crippen LogP contribution in [0.1, 0.15) is 22.2 Å². The number of hydrogen-bond acceptors (Lipinski definition) is 6. The molecule has 3 aromatic heterocycles. The van der Waals surface area contributed by atoms with Crippen molar-refractivity contribution >= 4 is 50.2 Å². The molecule has 3 aromatic rings. The second kappa shape index (κ2) is 4.84. The summed E-state index contributed by atoms with van der Waals surface area (Å²) in [7, 11) is 0. The van der Waals surface area contributed by atoms with Crippen LogP contribution in [0.3, 0.4) is 0 Å². The lowest BCUT2D eigenvalue weighted by atomic mass is 10.0. The maximum Gasteiger partial charge on any atom is 0.290 e. The number of carbonyl (C=O) groups is 1. The zero-order chi connectivity index (χ0) is 15.1. The second-order valence-electron chi connectivity index (χ2n) is 4.48. The molecular weight excluding hydrogens is 304 g/mol. The number of Topliss-reactive ketones (excluding diaryl/α,β-unsaturated/α-hetero) is 1. The van der Waals surface area contributed by atoms with E-state index in [2.05, 4.69) is 11.1 Å². The number of aromatic amines is 1. The van der Waals surface area contributed by atoms with Crippen LogP contribution in [-0.2, 0) is 0 Å². The summed E-state index contributed by atoms with van der Waals surface area (Å²) >= 11 is 2.76. The number of rotatable bonds is 2. The number of aromatic nitrogens is 1. The van der Waals surface area contributed by atoms with Crippen LogP contribution in [0.5, 0.6) is 0 Å². The molecule has 104 valence electrons. The van der Waals surface area contributed by atoms with Crippen LogP contribution >= 0.6 is 22.7 Å². The lowest BCUT2D eigenvalue weighted by molar-refractivity contribution is -0.323. The Bertz CT molecular complexity index is 904. The van der Waals surface area contributed by atoms with E-state index in [1.54, 1.807) is 0 Å². The van der Waals surface area contributed by atoms with Crippen molar-refractivity contribution in [3.05, 3.63) is 28.0 Å². The van der Waals surface area contributed by atoms with Crippen molar-refractivity contribution < 1.29 is 9.78 Å². The van der Waals surface area contributed by atoms with Crippen molar-refractivity contribution in [1.82, 2.24) is 0 Å². The van der Waals surface area contributed by atoms with E-state index in [0.717, 1.165) is 4.88 Å². The highest BCUT2D eigenvalue weighted by Gasteiger charge is 2.25. The molecule has 0 aliphatic heterocycles. The molecule has 0 saturated carbocycles. The van der Waals surface area contributed by atoms with Gasteiger partial charge in [-0.1, -0.05) is 17.4 Å². The van der Waals surface area contributed by atoms with Gasteiger partial charge in [-0.2, -0.15) is 5.26 Å². The zero-order valence-electron chi connectivity index (χ0n) is 11.1. The summed E-state index contributed by atoms with van der Waals surface area (Å²) in [5.41, 5.74) is 13.5. The molecule has 0 aliphatic carbocycles. The van der Waals surface area contributed by atoms with Gasteiger partial charge in [0, 0.05) is 17.4 Å². The minimum atomic E-state index is -0.101. The number of nitrogens with zero attached hydrogens (tertiary/aromatic N) is 1. The number of H-pyrrole nitrogens is 1. The molecule has 0 unspecified atom stereocenters. The van der Waals surface area contributed by atoms with Crippen molar-refractivity contribution in [2.45, 2.75) is 6.92 Å². The molecule has 0 atom stereocenters. The van der Waals surface area contributed by atoms with Crippen LogP contribution in [0.15, 0.2) is 17.5 Å². The Morgan fingerprint density at radius 2 is 2.19 bits per heavy atom. The topological polar surface area (TPSA) is 107 Å². The number of nitrogens with two attached hydrogens (primary N) is 2. The van der Waals surface area contributed by atoms with Gasteiger partial charge in [-0.25, -0.2) is 4.98 Å². The van der Waals surface area contributed by atoms with Crippen molar-refractivity contribution in [3.8, 4) is 16.5 Å². The van der Waals surface area contributed by atoms with Gasteiger partial charge < -0.3 is 5.73 Å². The number of carbonyl (C=O) groups excluding carboxylic acids is 1. The first kappa shape index (κ1) is 13.5. The van der Waals surface area contributed by atoms with E-state index in [0.29, 0.717) is 31.9 Å². The van der Waals surface area contributed by atoms with Gasteiger partial charge in [0.1, 0.15) is 6.07 Å². The number of hydrogen-bond donors (Lipinski definition) is 2. The van der Waals surface area contributed by atoms with Crippen LogP contribution in [0, 0.1) is 11.3 Å². The van der Waals surface area contributed by atoms with Crippen molar-refractivity contribution in [3.63, 3.8) is 0 Å². The van der Waals surface area contributed by atoms with E-state index in [4.69, 9.17) is 11.5 Å². The van der Waals surface area contributed by atoms with Crippen molar-refractivity contribution in [2.24, 2.45) is 0 Å². The molecule has 0 bridgehead atoms. The third-order valence-corrected chi connectivity index (χ3v) is 5.27. The van der Waals surface area contributed by atoms with Crippen LogP contribution < -0.4 is 16.5 Å². The van der Waals surface area contributed by atoms with Crippen LogP contribution in [0.4, 0.5) is 11.5 Å². The summed E-state index contributed by atoms with van der Waals surface area (Å²) in [6.45, 7) is 1.47. The molecule has 7 heteroatoms. The zero-order valence-corrected chi connectivity index (χ0v) is 12.7. The highest BCUT2D eigenvalue weighted by molar-refractivity contribution is 7.21. The maximum atomic E-state index is 11.7. The number of nitrogen functional groups attached to an aromatic ring is 2. The number of ketones is 1. The summed E-state index contributed by atoms with van der Waals surface area (Å²) in [4.78, 5) is 16.8. The molecule has 0 aromatic carbocycles. The molecule has 3 rings (SSSR count). The lowest BCUT2D eigenvalue weighted by Crippen LogP contribution is -2.13. The number of anilines is 2. The van der Waals surface area contributed by atoms with Crippen molar-refractivity contribution in [2.75, 3.05) is 11.5 Å². The first-order valence-corrected chi connectivity index (χ1v) is 7.75. The first-order valence-electron chi connectivity index (χ1n) is 6.06. The number of nitriles is 1. The molecule has 5 nitrogen and oxygen atoms in total. The molecule has 0 fully saturated rings. The molecule has 0 amide bonds. The average Bonchev–Trinajstić information content (AvgIpc) is 3.06. The van der Waals surface area contributed by atoms with E-state index in [-0.39, 0.29) is 11.6 Å². The van der Waals surface area contributed by atoms with E-state index < -0.39 is 0 Å². The number of thiophene rings is 2. The van der Waals surface area contributed by atoms with Crippen LogP contribution in [0.2, 0.25) is 0 Å². The standard InChI is InChI=1S/C14H10N4OS2/c1-6(19)12-11(16)10-9(8-3-2-4-20-8)7(5-15)13(17)18-14(10)21-12/h2-4H,16H2,1H3,(H2,17,18)/p+1. The number of fused-ring (bicyclic) bond motifs is 1. The number of nitrogens with one attached hydrogen (secondary N) is 1. The summed E-state index contributed by atoms with van der Waals surface area (Å²) in [5, 5.41) is 12.0. The summed E-state index contributed by atoms with van der Waals surface area (Å²) in [6, 6.07) is 5.93. The Balaban J connectivity index is 2.52. The highest BCUT2D eigenvalue weighted by atomic mass is 32.1. The molecule has 21 heavy (non-hydrogen) atoms. The third-order valence-electron chi connectivity index (χ3n) is 3.16. The second-order valence-corrected chi connectivity index (χ2v) is 6.45. The molecule has 0 aliphatic rings. The van der Waals surface area contributed by atoms with E-state index in [1.807, 2.05) is 17.5 Å². The fraction of sp³-hybridized carbons (Fsp3) is 0.0714. The van der Waals surface area contributed by atoms with Gasteiger partial charge in [0.25, 0.3) is 5.82 Å². The fourth-order valence-electron chi connectivity index (χ4n) is 2.27.